The molecule has 1 aliphatic heterocycles. The first-order valence-corrected chi connectivity index (χ1v) is 7.63. The zero-order valence-corrected chi connectivity index (χ0v) is 13.2. The number of benzene rings is 1. The van der Waals surface area contributed by atoms with Gasteiger partial charge in [-0.05, 0) is 25.8 Å². The molecule has 2 unspecified atom stereocenters. The van der Waals surface area contributed by atoms with E-state index in [1.54, 1.807) is 7.11 Å². The molecule has 1 aliphatic rings. The number of nitrogens with zero attached hydrogens (tertiary/aromatic N) is 1. The van der Waals surface area contributed by atoms with E-state index in [4.69, 9.17) is 4.74 Å². The first-order chi connectivity index (χ1) is 9.55. The van der Waals surface area contributed by atoms with Crippen molar-refractivity contribution in [2.45, 2.75) is 44.9 Å². The largest absolute Gasteiger partial charge is 0.377 e. The maximum Gasteiger partial charge on any atom is 0.0749 e. The fraction of sp³-hybridized carbons (Fsp3) is 0.647. The number of nitrogens with one attached hydrogen (secondary N) is 1. The molecule has 0 saturated carbocycles. The van der Waals surface area contributed by atoms with Gasteiger partial charge in [-0.15, -0.1) is 0 Å². The lowest BCUT2D eigenvalue weighted by atomic mass is 9.98. The summed E-state index contributed by atoms with van der Waals surface area (Å²) >= 11 is 0. The van der Waals surface area contributed by atoms with Crippen LogP contribution in [0.1, 0.15) is 38.8 Å². The zero-order valence-electron chi connectivity index (χ0n) is 13.2. The number of rotatable bonds is 5. The quantitative estimate of drug-likeness (QED) is 0.895. The van der Waals surface area contributed by atoms with Crippen LogP contribution in [0.4, 0.5) is 0 Å². The van der Waals surface area contributed by atoms with Crippen LogP contribution in [0.3, 0.4) is 0 Å². The lowest BCUT2D eigenvalue weighted by Gasteiger charge is -2.43. The van der Waals surface area contributed by atoms with E-state index >= 15 is 0 Å². The highest BCUT2D eigenvalue weighted by atomic mass is 16.5. The standard InChI is InChI=1S/C17H28N2O/c1-5-15-11-18-16(14-9-7-6-8-10-14)12-19(15)13-17(2,3)20-4/h6-10,15-16,18H,5,11-13H2,1-4H3. The van der Waals surface area contributed by atoms with Gasteiger partial charge in [0.15, 0.2) is 0 Å². The molecule has 20 heavy (non-hydrogen) atoms. The molecule has 1 aromatic rings. The molecule has 2 atom stereocenters. The Hall–Kier alpha value is -0.900. The number of hydrogen-bond donors (Lipinski definition) is 1. The van der Waals surface area contributed by atoms with Crippen LogP contribution >= 0.6 is 0 Å². The summed E-state index contributed by atoms with van der Waals surface area (Å²) in [6.45, 7) is 9.68. The minimum Gasteiger partial charge on any atom is -0.377 e. The molecule has 0 aromatic heterocycles. The van der Waals surface area contributed by atoms with Crippen LogP contribution in [-0.4, -0.2) is 43.3 Å². The maximum atomic E-state index is 5.61. The van der Waals surface area contributed by atoms with E-state index in [9.17, 15) is 0 Å². The molecule has 112 valence electrons. The van der Waals surface area contributed by atoms with Crippen molar-refractivity contribution in [1.82, 2.24) is 10.2 Å². The Morgan fingerprint density at radius 3 is 2.60 bits per heavy atom. The van der Waals surface area contributed by atoms with Gasteiger partial charge in [0.25, 0.3) is 0 Å². The lowest BCUT2D eigenvalue weighted by Crippen LogP contribution is -2.56. The Kier molecular flexibility index (Phi) is 5.19. The van der Waals surface area contributed by atoms with E-state index in [-0.39, 0.29) is 5.60 Å². The van der Waals surface area contributed by atoms with Gasteiger partial charge in [-0.25, -0.2) is 0 Å². The zero-order chi connectivity index (χ0) is 14.6. The molecule has 1 N–H and O–H groups in total. The Labute approximate surface area is 123 Å². The highest BCUT2D eigenvalue weighted by molar-refractivity contribution is 5.20. The van der Waals surface area contributed by atoms with E-state index in [0.29, 0.717) is 12.1 Å². The predicted molar refractivity (Wildman–Crippen MR) is 83.9 cm³/mol. The van der Waals surface area contributed by atoms with Crippen molar-refractivity contribution in [3.63, 3.8) is 0 Å². The summed E-state index contributed by atoms with van der Waals surface area (Å²) in [4.78, 5) is 2.58. The van der Waals surface area contributed by atoms with Gasteiger partial charge in [-0.3, -0.25) is 4.90 Å². The predicted octanol–water partition coefficient (Wildman–Crippen LogP) is 2.84. The van der Waals surface area contributed by atoms with Gasteiger partial charge in [0.05, 0.1) is 5.60 Å². The Morgan fingerprint density at radius 2 is 2.00 bits per heavy atom. The van der Waals surface area contributed by atoms with Crippen molar-refractivity contribution in [3.05, 3.63) is 35.9 Å². The van der Waals surface area contributed by atoms with Crippen molar-refractivity contribution in [2.24, 2.45) is 0 Å². The summed E-state index contributed by atoms with van der Waals surface area (Å²) in [5.74, 6) is 0. The second kappa shape index (κ2) is 6.70. The summed E-state index contributed by atoms with van der Waals surface area (Å²) in [6.07, 6.45) is 1.17. The van der Waals surface area contributed by atoms with Crippen molar-refractivity contribution >= 4 is 0 Å². The van der Waals surface area contributed by atoms with Gasteiger partial charge < -0.3 is 10.1 Å². The van der Waals surface area contributed by atoms with Crippen molar-refractivity contribution in [3.8, 4) is 0 Å². The summed E-state index contributed by atoms with van der Waals surface area (Å²) in [5, 5.41) is 3.69. The summed E-state index contributed by atoms with van der Waals surface area (Å²) in [6, 6.07) is 11.8. The monoisotopic (exact) mass is 276 g/mol. The van der Waals surface area contributed by atoms with E-state index < -0.39 is 0 Å². The van der Waals surface area contributed by atoms with Crippen LogP contribution in [0.25, 0.3) is 0 Å². The van der Waals surface area contributed by atoms with E-state index in [1.165, 1.54) is 12.0 Å². The van der Waals surface area contributed by atoms with Crippen LogP contribution in [-0.2, 0) is 4.74 Å². The smallest absolute Gasteiger partial charge is 0.0749 e. The molecule has 0 bridgehead atoms. The number of ether oxygens (including phenoxy) is 1. The average molecular weight is 276 g/mol. The number of piperazine rings is 1. The van der Waals surface area contributed by atoms with Gasteiger partial charge in [-0.2, -0.15) is 0 Å². The second-order valence-electron chi connectivity index (χ2n) is 6.33. The topological polar surface area (TPSA) is 24.5 Å². The lowest BCUT2D eigenvalue weighted by molar-refractivity contribution is -0.0275. The Balaban J connectivity index is 2.07. The minimum atomic E-state index is -0.0913. The third-order valence-electron chi connectivity index (χ3n) is 4.34. The van der Waals surface area contributed by atoms with Crippen molar-refractivity contribution < 1.29 is 4.74 Å². The first kappa shape index (κ1) is 15.5. The number of hydrogen-bond acceptors (Lipinski definition) is 3. The molecule has 0 amide bonds. The highest BCUT2D eigenvalue weighted by Gasteiger charge is 2.31. The maximum absolute atomic E-state index is 5.61. The molecular weight excluding hydrogens is 248 g/mol. The first-order valence-electron chi connectivity index (χ1n) is 7.63. The van der Waals surface area contributed by atoms with Crippen LogP contribution in [0, 0.1) is 0 Å². The van der Waals surface area contributed by atoms with Crippen LogP contribution in [0.5, 0.6) is 0 Å². The van der Waals surface area contributed by atoms with Gasteiger partial charge in [0.1, 0.15) is 0 Å². The third kappa shape index (κ3) is 3.81. The van der Waals surface area contributed by atoms with Gasteiger partial charge in [0.2, 0.25) is 0 Å². The van der Waals surface area contributed by atoms with Crippen molar-refractivity contribution in [1.29, 1.82) is 0 Å². The molecule has 3 nitrogen and oxygen atoms in total. The SMILES string of the molecule is CCC1CNC(c2ccccc2)CN1CC(C)(C)OC. The van der Waals surface area contributed by atoms with E-state index in [0.717, 1.165) is 19.6 Å². The Morgan fingerprint density at radius 1 is 1.30 bits per heavy atom. The fourth-order valence-corrected chi connectivity index (χ4v) is 2.91. The molecule has 0 radical (unpaired) electrons. The van der Waals surface area contributed by atoms with Crippen LogP contribution in [0.15, 0.2) is 30.3 Å². The summed E-state index contributed by atoms with van der Waals surface area (Å²) in [7, 11) is 1.80. The molecule has 1 aromatic carbocycles. The summed E-state index contributed by atoms with van der Waals surface area (Å²) < 4.78 is 5.61. The second-order valence-corrected chi connectivity index (χ2v) is 6.33. The third-order valence-corrected chi connectivity index (χ3v) is 4.34. The van der Waals surface area contributed by atoms with Crippen LogP contribution < -0.4 is 5.32 Å². The molecular formula is C17H28N2O. The molecule has 0 spiro atoms. The molecule has 2 rings (SSSR count). The van der Waals surface area contributed by atoms with Crippen molar-refractivity contribution in [2.75, 3.05) is 26.7 Å². The fourth-order valence-electron chi connectivity index (χ4n) is 2.91. The molecule has 1 heterocycles. The molecule has 1 saturated heterocycles. The Bertz CT molecular complexity index is 405. The van der Waals surface area contributed by atoms with Gasteiger partial charge >= 0.3 is 0 Å². The van der Waals surface area contributed by atoms with Crippen LogP contribution in [0.2, 0.25) is 0 Å². The molecule has 1 fully saturated rings. The van der Waals surface area contributed by atoms with E-state index in [1.807, 2.05) is 0 Å². The van der Waals surface area contributed by atoms with Gasteiger partial charge in [0, 0.05) is 38.8 Å². The average Bonchev–Trinajstić information content (AvgIpc) is 2.48. The minimum absolute atomic E-state index is 0.0913. The molecule has 0 aliphatic carbocycles. The van der Waals surface area contributed by atoms with E-state index in [2.05, 4.69) is 61.3 Å². The normalized spacial score (nSPS) is 24.8. The summed E-state index contributed by atoms with van der Waals surface area (Å²) in [5.41, 5.74) is 1.29. The molecule has 3 heteroatoms. The highest BCUT2D eigenvalue weighted by Crippen LogP contribution is 2.23. The van der Waals surface area contributed by atoms with Gasteiger partial charge in [-0.1, -0.05) is 37.3 Å². The number of methoxy groups -OCH3 is 1.